The van der Waals surface area contributed by atoms with Gasteiger partial charge in [-0.25, -0.2) is 0 Å². The van der Waals surface area contributed by atoms with Crippen molar-refractivity contribution in [1.82, 2.24) is 5.32 Å². The molecule has 2 N–H and O–H groups in total. The Morgan fingerprint density at radius 2 is 1.95 bits per heavy atom. The maximum absolute atomic E-state index is 12.3. The predicted octanol–water partition coefficient (Wildman–Crippen LogP) is 2.15. The lowest BCUT2D eigenvalue weighted by molar-refractivity contribution is -0.157. The Balaban J connectivity index is 1.45. The fourth-order valence-corrected chi connectivity index (χ4v) is 5.00. The lowest BCUT2D eigenvalue weighted by Gasteiger charge is -2.39. The maximum atomic E-state index is 12.3. The van der Waals surface area contributed by atoms with E-state index in [4.69, 9.17) is 23.7 Å². The number of methoxy groups -OCH3 is 1. The molecule has 38 heavy (non-hydrogen) atoms. The molecule has 3 aliphatic rings. The van der Waals surface area contributed by atoms with Crippen molar-refractivity contribution in [2.75, 3.05) is 13.7 Å². The van der Waals surface area contributed by atoms with Gasteiger partial charge in [-0.2, -0.15) is 0 Å². The molecule has 1 amide bonds. The van der Waals surface area contributed by atoms with Crippen LogP contribution in [0.5, 0.6) is 0 Å². The third-order valence-corrected chi connectivity index (χ3v) is 7.24. The molecule has 212 valence electrons. The summed E-state index contributed by atoms with van der Waals surface area (Å²) in [6, 6.07) is -0.119. The van der Waals surface area contributed by atoms with Gasteiger partial charge in [-0.05, 0) is 38.7 Å². The highest BCUT2D eigenvalue weighted by atomic mass is 16.6. The molecule has 1 spiro atoms. The van der Waals surface area contributed by atoms with Crippen molar-refractivity contribution in [2.45, 2.75) is 102 Å². The molecule has 0 aromatic carbocycles. The van der Waals surface area contributed by atoms with Crippen LogP contribution in [0.3, 0.4) is 0 Å². The van der Waals surface area contributed by atoms with Crippen molar-refractivity contribution in [2.24, 2.45) is 5.92 Å². The first-order valence-corrected chi connectivity index (χ1v) is 13.2. The van der Waals surface area contributed by atoms with Gasteiger partial charge in [0.2, 0.25) is 5.91 Å². The maximum Gasteiger partial charge on any atom is 0.308 e. The van der Waals surface area contributed by atoms with Gasteiger partial charge in [-0.1, -0.05) is 31.2 Å². The van der Waals surface area contributed by atoms with E-state index in [-0.39, 0.29) is 48.6 Å². The summed E-state index contributed by atoms with van der Waals surface area (Å²) in [7, 11) is 1.34. The number of amides is 1. The van der Waals surface area contributed by atoms with E-state index in [0.29, 0.717) is 19.4 Å². The molecule has 0 unspecified atom stereocenters. The zero-order valence-corrected chi connectivity index (χ0v) is 22.8. The highest BCUT2D eigenvalue weighted by molar-refractivity contribution is 5.87. The molecule has 0 aromatic heterocycles. The molecular formula is C28H41NO9. The minimum Gasteiger partial charge on any atom is -0.469 e. The summed E-state index contributed by atoms with van der Waals surface area (Å²) in [5.74, 6) is -0.775. The van der Waals surface area contributed by atoms with Crippen molar-refractivity contribution in [1.29, 1.82) is 0 Å². The van der Waals surface area contributed by atoms with E-state index >= 15 is 0 Å². The number of nitrogens with one attached hydrogen (secondary N) is 1. The molecule has 0 bridgehead atoms. The van der Waals surface area contributed by atoms with E-state index in [2.05, 4.69) is 12.2 Å². The first kappa shape index (κ1) is 30.0. The molecule has 3 saturated heterocycles. The second-order valence-electron chi connectivity index (χ2n) is 10.4. The summed E-state index contributed by atoms with van der Waals surface area (Å²) in [5, 5.41) is 13.6. The van der Waals surface area contributed by atoms with Gasteiger partial charge in [0.1, 0.15) is 23.9 Å². The summed E-state index contributed by atoms with van der Waals surface area (Å²) >= 11 is 0. The molecule has 3 aliphatic heterocycles. The van der Waals surface area contributed by atoms with Crippen molar-refractivity contribution < 1.29 is 43.2 Å². The van der Waals surface area contributed by atoms with Crippen LogP contribution in [0.25, 0.3) is 0 Å². The average Bonchev–Trinajstić information content (AvgIpc) is 3.62. The van der Waals surface area contributed by atoms with Crippen molar-refractivity contribution in [3.05, 3.63) is 36.5 Å². The molecule has 9 atom stereocenters. The van der Waals surface area contributed by atoms with Gasteiger partial charge < -0.3 is 34.1 Å². The summed E-state index contributed by atoms with van der Waals surface area (Å²) in [4.78, 5) is 35.0. The number of epoxide rings is 1. The van der Waals surface area contributed by atoms with Gasteiger partial charge in [0.05, 0.1) is 44.5 Å². The zero-order valence-electron chi connectivity index (χ0n) is 22.8. The third kappa shape index (κ3) is 8.49. The molecule has 0 radical (unpaired) electrons. The Labute approximate surface area is 224 Å². The number of rotatable bonds is 10. The monoisotopic (exact) mass is 535 g/mol. The van der Waals surface area contributed by atoms with E-state index in [1.165, 1.54) is 20.1 Å². The topological polar surface area (TPSA) is 133 Å². The molecule has 3 heterocycles. The second-order valence-corrected chi connectivity index (χ2v) is 10.4. The highest BCUT2D eigenvalue weighted by Gasteiger charge is 2.58. The van der Waals surface area contributed by atoms with E-state index in [9.17, 15) is 19.5 Å². The number of aliphatic hydroxyl groups is 1. The van der Waals surface area contributed by atoms with Crippen LogP contribution in [-0.4, -0.2) is 84.9 Å². The van der Waals surface area contributed by atoms with Gasteiger partial charge in [0.15, 0.2) is 0 Å². The van der Waals surface area contributed by atoms with E-state index in [1.807, 2.05) is 25.2 Å². The largest absolute Gasteiger partial charge is 0.469 e. The van der Waals surface area contributed by atoms with Gasteiger partial charge in [-0.3, -0.25) is 14.4 Å². The SMILES string of the molecule is COC(=O)C[C@@H]1C[C@@]2(CO2)[C@H](O)[C@@H](/C=C/C=C/C[C@@H]2O[C@H](C)[C@H](NC(=O)/C=C\[C@H](C)OC(C)=O)C[C@@H]2C)O1. The van der Waals surface area contributed by atoms with Gasteiger partial charge in [-0.15, -0.1) is 0 Å². The van der Waals surface area contributed by atoms with E-state index < -0.39 is 29.9 Å². The first-order chi connectivity index (χ1) is 18.0. The summed E-state index contributed by atoms with van der Waals surface area (Å²) in [6.45, 7) is 7.51. The molecule has 0 aromatic rings. The smallest absolute Gasteiger partial charge is 0.308 e. The fraction of sp³-hybridized carbons (Fsp3) is 0.679. The Bertz CT molecular complexity index is 925. The number of aliphatic hydroxyl groups excluding tert-OH is 1. The Morgan fingerprint density at radius 1 is 1.21 bits per heavy atom. The first-order valence-electron chi connectivity index (χ1n) is 13.2. The summed E-state index contributed by atoms with van der Waals surface area (Å²) < 4.78 is 27.4. The summed E-state index contributed by atoms with van der Waals surface area (Å²) in [5.41, 5.74) is -0.639. The zero-order chi connectivity index (χ0) is 27.9. The van der Waals surface area contributed by atoms with Crippen LogP contribution in [0.2, 0.25) is 0 Å². The van der Waals surface area contributed by atoms with Crippen LogP contribution >= 0.6 is 0 Å². The van der Waals surface area contributed by atoms with Crippen LogP contribution in [0.1, 0.15) is 53.4 Å². The number of carbonyl (C=O) groups excluding carboxylic acids is 3. The van der Waals surface area contributed by atoms with Crippen molar-refractivity contribution in [3.8, 4) is 0 Å². The number of allylic oxidation sites excluding steroid dienone is 2. The quantitative estimate of drug-likeness (QED) is 0.187. The highest BCUT2D eigenvalue weighted by Crippen LogP contribution is 2.43. The minimum absolute atomic E-state index is 0.00595. The predicted molar refractivity (Wildman–Crippen MR) is 138 cm³/mol. The number of esters is 2. The lowest BCUT2D eigenvalue weighted by atomic mass is 9.87. The number of hydrogen-bond acceptors (Lipinski definition) is 9. The van der Waals surface area contributed by atoms with Crippen molar-refractivity contribution in [3.63, 3.8) is 0 Å². The van der Waals surface area contributed by atoms with Gasteiger partial charge in [0.25, 0.3) is 0 Å². The van der Waals surface area contributed by atoms with Crippen LogP contribution in [0.15, 0.2) is 36.5 Å². The minimum atomic E-state index is -0.796. The van der Waals surface area contributed by atoms with Crippen LogP contribution < -0.4 is 5.32 Å². The lowest BCUT2D eigenvalue weighted by Crippen LogP contribution is -2.50. The molecule has 10 heteroatoms. The summed E-state index contributed by atoms with van der Waals surface area (Å²) in [6.07, 6.45) is 10.1. The molecule has 3 fully saturated rings. The standard InChI is InChI=1S/C28H41NO9/c1-17-13-22(29-25(31)12-11-18(2)36-20(4)30)19(3)37-23(17)9-7-6-8-10-24-27(33)28(16-35-28)15-21(38-24)14-26(32)34-5/h6-8,10-12,17-19,21-24,27,33H,9,13-16H2,1-5H3,(H,29,31)/b7-6+,10-8+,12-11-/t17-,18-,19+,21+,22+,23-,24+,27+,28+/m0/s1. The van der Waals surface area contributed by atoms with Gasteiger partial charge >= 0.3 is 11.9 Å². The number of hydrogen-bond donors (Lipinski definition) is 2. The third-order valence-electron chi connectivity index (χ3n) is 7.24. The molecule has 3 rings (SSSR count). The van der Waals surface area contributed by atoms with Crippen LogP contribution in [0, 0.1) is 5.92 Å². The Kier molecular flexibility index (Phi) is 10.7. The van der Waals surface area contributed by atoms with E-state index in [0.717, 1.165) is 6.42 Å². The second kappa shape index (κ2) is 13.5. The molecular weight excluding hydrogens is 494 g/mol. The van der Waals surface area contributed by atoms with E-state index in [1.54, 1.807) is 19.1 Å². The Hall–Kier alpha value is -2.53. The van der Waals surface area contributed by atoms with Crippen LogP contribution in [0.4, 0.5) is 0 Å². The molecule has 0 aliphatic carbocycles. The van der Waals surface area contributed by atoms with Crippen molar-refractivity contribution >= 4 is 17.8 Å². The number of carbonyl (C=O) groups is 3. The average molecular weight is 536 g/mol. The fourth-order valence-electron chi connectivity index (χ4n) is 5.00. The van der Waals surface area contributed by atoms with Crippen LogP contribution in [-0.2, 0) is 38.1 Å². The number of ether oxygens (including phenoxy) is 5. The Morgan fingerprint density at radius 3 is 2.61 bits per heavy atom. The molecule has 0 saturated carbocycles. The normalized spacial score (nSPS) is 36.0. The molecule has 10 nitrogen and oxygen atoms in total. The van der Waals surface area contributed by atoms with Gasteiger partial charge in [0, 0.05) is 19.4 Å².